The molecule has 0 aliphatic heterocycles. The van der Waals surface area contributed by atoms with Crippen LogP contribution < -0.4 is 10.9 Å². The van der Waals surface area contributed by atoms with Crippen LogP contribution in [0.4, 0.5) is 4.39 Å². The van der Waals surface area contributed by atoms with Crippen molar-refractivity contribution in [1.82, 2.24) is 24.5 Å². The number of halogens is 1. The number of para-hydroxylation sites is 1. The maximum absolute atomic E-state index is 13.7. The summed E-state index contributed by atoms with van der Waals surface area (Å²) in [5.41, 5.74) is 1.89. The lowest BCUT2D eigenvalue weighted by Crippen LogP contribution is -2.25. The lowest BCUT2D eigenvalue weighted by atomic mass is 10.1. The number of rotatable bonds is 8. The van der Waals surface area contributed by atoms with Crippen LogP contribution in [-0.4, -0.2) is 30.8 Å². The molecule has 1 amide bonds. The molecule has 2 aromatic heterocycles. The van der Waals surface area contributed by atoms with Crippen LogP contribution in [0.15, 0.2) is 52.4 Å². The van der Waals surface area contributed by atoms with Crippen molar-refractivity contribution >= 4 is 34.3 Å². The number of benzene rings is 2. The highest BCUT2D eigenvalue weighted by molar-refractivity contribution is 7.99. The van der Waals surface area contributed by atoms with E-state index in [9.17, 15) is 14.0 Å². The second-order valence-electron chi connectivity index (χ2n) is 7.59. The number of hydrogen-bond acceptors (Lipinski definition) is 5. The van der Waals surface area contributed by atoms with Crippen molar-refractivity contribution < 1.29 is 9.18 Å². The van der Waals surface area contributed by atoms with E-state index in [1.165, 1.54) is 17.8 Å². The minimum Gasteiger partial charge on any atom is -0.351 e. The number of aryl methyl sites for hydroxylation is 2. The average Bonchev–Trinajstić information content (AvgIpc) is 3.22. The van der Waals surface area contributed by atoms with Gasteiger partial charge in [0, 0.05) is 13.1 Å². The van der Waals surface area contributed by atoms with E-state index in [-0.39, 0.29) is 29.6 Å². The van der Waals surface area contributed by atoms with Gasteiger partial charge in [0.2, 0.25) is 11.7 Å². The third kappa shape index (κ3) is 4.38. The molecule has 7 nitrogen and oxygen atoms in total. The highest BCUT2D eigenvalue weighted by atomic mass is 32.2. The molecule has 0 atom stereocenters. The van der Waals surface area contributed by atoms with Crippen molar-refractivity contribution in [3.05, 3.63) is 69.8 Å². The molecular weight excluding hydrogens is 429 g/mol. The van der Waals surface area contributed by atoms with Gasteiger partial charge in [-0.25, -0.2) is 4.39 Å². The van der Waals surface area contributed by atoms with Crippen LogP contribution in [0.3, 0.4) is 0 Å². The molecule has 9 heteroatoms. The molecule has 0 radical (unpaired) electrons. The predicted octanol–water partition coefficient (Wildman–Crippen LogP) is 3.70. The number of unbranched alkanes of at least 4 members (excludes halogenated alkanes) is 1. The van der Waals surface area contributed by atoms with E-state index in [2.05, 4.69) is 22.4 Å². The third-order valence-corrected chi connectivity index (χ3v) is 6.20. The van der Waals surface area contributed by atoms with Gasteiger partial charge in [-0.15, -0.1) is 10.2 Å². The van der Waals surface area contributed by atoms with E-state index in [0.717, 1.165) is 12.8 Å². The first-order valence-corrected chi connectivity index (χ1v) is 11.5. The fourth-order valence-electron chi connectivity index (χ4n) is 3.47. The predicted molar refractivity (Wildman–Crippen MR) is 123 cm³/mol. The van der Waals surface area contributed by atoms with Crippen LogP contribution in [0.5, 0.6) is 0 Å². The second-order valence-corrected chi connectivity index (χ2v) is 8.54. The summed E-state index contributed by atoms with van der Waals surface area (Å²) in [5, 5.41) is 12.4. The number of aromatic nitrogens is 4. The zero-order valence-electron chi connectivity index (χ0n) is 18.0. The quantitative estimate of drug-likeness (QED) is 0.412. The van der Waals surface area contributed by atoms with Crippen LogP contribution in [0, 0.1) is 12.7 Å². The first-order chi connectivity index (χ1) is 15.5. The van der Waals surface area contributed by atoms with Gasteiger partial charge in [-0.3, -0.25) is 18.6 Å². The van der Waals surface area contributed by atoms with E-state index >= 15 is 0 Å². The minimum absolute atomic E-state index is 0.0893. The number of thioether (sulfide) groups is 1. The lowest BCUT2D eigenvalue weighted by molar-refractivity contribution is -0.118. The van der Waals surface area contributed by atoms with Crippen LogP contribution in [0.1, 0.15) is 30.9 Å². The summed E-state index contributed by atoms with van der Waals surface area (Å²) in [5.74, 6) is 0.107. The molecule has 0 aliphatic carbocycles. The Labute approximate surface area is 188 Å². The summed E-state index contributed by atoms with van der Waals surface area (Å²) in [6.07, 6.45) is 1.80. The fourth-order valence-corrected chi connectivity index (χ4v) is 4.24. The summed E-state index contributed by atoms with van der Waals surface area (Å²) < 4.78 is 17.2. The highest BCUT2D eigenvalue weighted by Gasteiger charge is 2.17. The van der Waals surface area contributed by atoms with Crippen LogP contribution >= 0.6 is 11.8 Å². The Kier molecular flexibility index (Phi) is 6.55. The van der Waals surface area contributed by atoms with Crippen molar-refractivity contribution in [2.45, 2.75) is 44.9 Å². The van der Waals surface area contributed by atoms with Gasteiger partial charge in [-0.2, -0.15) is 0 Å². The number of amides is 1. The third-order valence-electron chi connectivity index (χ3n) is 5.27. The SMILES string of the molecule is CCCCn1c(=O)c2ccccc2n2c(SCC(=O)NCc3ccc(C)c(F)c3)nnc12. The smallest absolute Gasteiger partial charge is 0.262 e. The Morgan fingerprint density at radius 3 is 2.78 bits per heavy atom. The van der Waals surface area contributed by atoms with Gasteiger partial charge in [0.15, 0.2) is 5.16 Å². The number of nitrogens with zero attached hydrogens (tertiary/aromatic N) is 4. The number of hydrogen-bond donors (Lipinski definition) is 1. The van der Waals surface area contributed by atoms with E-state index in [4.69, 9.17) is 0 Å². The van der Waals surface area contributed by atoms with E-state index in [0.29, 0.717) is 39.5 Å². The van der Waals surface area contributed by atoms with Gasteiger partial charge in [-0.1, -0.05) is 49.4 Å². The molecule has 0 aliphatic rings. The molecule has 0 bridgehead atoms. The summed E-state index contributed by atoms with van der Waals surface area (Å²) >= 11 is 1.25. The van der Waals surface area contributed by atoms with Gasteiger partial charge >= 0.3 is 0 Å². The van der Waals surface area contributed by atoms with Gasteiger partial charge < -0.3 is 5.32 Å². The standard InChI is InChI=1S/C23H24FN5O2S/c1-3-4-11-28-21(31)17-7-5-6-8-19(17)29-22(28)26-27-23(29)32-14-20(30)25-13-16-10-9-15(2)18(24)12-16/h5-10,12H,3-4,11,13-14H2,1-2H3,(H,25,30). The van der Waals surface area contributed by atoms with Crippen molar-refractivity contribution in [3.8, 4) is 0 Å². The van der Waals surface area contributed by atoms with E-state index in [1.807, 2.05) is 22.6 Å². The van der Waals surface area contributed by atoms with Gasteiger partial charge in [0.25, 0.3) is 5.56 Å². The Bertz CT molecular complexity index is 1350. The number of nitrogens with one attached hydrogen (secondary N) is 1. The largest absolute Gasteiger partial charge is 0.351 e. The molecule has 4 rings (SSSR count). The zero-order valence-corrected chi connectivity index (χ0v) is 18.8. The number of carbonyl (C=O) groups excluding carboxylic acids is 1. The monoisotopic (exact) mass is 453 g/mol. The van der Waals surface area contributed by atoms with Gasteiger partial charge in [0.1, 0.15) is 5.82 Å². The Morgan fingerprint density at radius 1 is 1.19 bits per heavy atom. The summed E-state index contributed by atoms with van der Waals surface area (Å²) in [7, 11) is 0. The maximum Gasteiger partial charge on any atom is 0.262 e. The lowest BCUT2D eigenvalue weighted by Gasteiger charge is -2.11. The molecule has 2 heterocycles. The molecule has 0 fully saturated rings. The van der Waals surface area contributed by atoms with E-state index < -0.39 is 0 Å². The Hall–Kier alpha value is -3.20. The van der Waals surface area contributed by atoms with Crippen molar-refractivity contribution in [1.29, 1.82) is 0 Å². The molecule has 166 valence electrons. The minimum atomic E-state index is -0.290. The first kappa shape index (κ1) is 22.0. The van der Waals surface area contributed by atoms with E-state index in [1.54, 1.807) is 29.7 Å². The summed E-state index contributed by atoms with van der Waals surface area (Å²) in [6.45, 7) is 4.57. The molecule has 0 saturated carbocycles. The first-order valence-electron chi connectivity index (χ1n) is 10.5. The molecule has 1 N–H and O–H groups in total. The van der Waals surface area contributed by atoms with Crippen molar-refractivity contribution in [2.75, 3.05) is 5.75 Å². The Balaban J connectivity index is 1.55. The Morgan fingerprint density at radius 2 is 2.00 bits per heavy atom. The fraction of sp³-hybridized carbons (Fsp3) is 0.304. The maximum atomic E-state index is 13.7. The van der Waals surface area contributed by atoms with Crippen LogP contribution in [0.2, 0.25) is 0 Å². The molecule has 0 spiro atoms. The molecule has 4 aromatic rings. The summed E-state index contributed by atoms with van der Waals surface area (Å²) in [4.78, 5) is 25.4. The topological polar surface area (TPSA) is 81.3 Å². The molecule has 0 unspecified atom stereocenters. The van der Waals surface area contributed by atoms with Crippen molar-refractivity contribution in [2.24, 2.45) is 0 Å². The summed E-state index contributed by atoms with van der Waals surface area (Å²) in [6, 6.07) is 12.2. The average molecular weight is 454 g/mol. The molecule has 32 heavy (non-hydrogen) atoms. The molecule has 0 saturated heterocycles. The second kappa shape index (κ2) is 9.52. The normalized spacial score (nSPS) is 11.3. The zero-order chi connectivity index (χ0) is 22.7. The highest BCUT2D eigenvalue weighted by Crippen LogP contribution is 2.21. The van der Waals surface area contributed by atoms with Gasteiger partial charge in [0.05, 0.1) is 16.7 Å². The van der Waals surface area contributed by atoms with Crippen LogP contribution in [0.25, 0.3) is 16.7 Å². The molecular formula is C23H24FN5O2S. The molecule has 2 aromatic carbocycles. The van der Waals surface area contributed by atoms with Crippen LogP contribution in [-0.2, 0) is 17.9 Å². The van der Waals surface area contributed by atoms with Gasteiger partial charge in [-0.05, 0) is 42.7 Å². The number of carbonyl (C=O) groups is 1. The van der Waals surface area contributed by atoms with Crippen molar-refractivity contribution in [3.63, 3.8) is 0 Å². The number of fused-ring (bicyclic) bond motifs is 3.